The fraction of sp³-hybridized carbons (Fsp3) is 0.208. The van der Waals surface area contributed by atoms with E-state index >= 15 is 0 Å². The summed E-state index contributed by atoms with van der Waals surface area (Å²) in [6.07, 6.45) is 7.51. The number of hydrogen-bond donors (Lipinski definition) is 2. The molecule has 0 unspecified atom stereocenters. The number of hydrogen-bond acceptors (Lipinski definition) is 3. The van der Waals surface area contributed by atoms with Gasteiger partial charge in [-0.15, -0.1) is 4.68 Å². The summed E-state index contributed by atoms with van der Waals surface area (Å²) in [6, 6.07) is 13.9. The van der Waals surface area contributed by atoms with Crippen LogP contribution in [0.2, 0.25) is 0 Å². The van der Waals surface area contributed by atoms with Gasteiger partial charge in [-0.2, -0.15) is 5.10 Å². The van der Waals surface area contributed by atoms with Crippen LogP contribution in [0.1, 0.15) is 38.2 Å². The molecule has 0 aliphatic heterocycles. The first-order valence-corrected chi connectivity index (χ1v) is 10.3. The summed E-state index contributed by atoms with van der Waals surface area (Å²) in [6.45, 7) is 2.13. The second-order valence-corrected chi connectivity index (χ2v) is 7.44. The third-order valence-electron chi connectivity index (χ3n) is 5.15. The van der Waals surface area contributed by atoms with E-state index in [-0.39, 0.29) is 11.0 Å². The van der Waals surface area contributed by atoms with Crippen LogP contribution in [0.15, 0.2) is 68.8 Å². The quantitative estimate of drug-likeness (QED) is 0.334. The third-order valence-corrected chi connectivity index (χ3v) is 5.15. The third kappa shape index (κ3) is 4.40. The van der Waals surface area contributed by atoms with E-state index in [1.807, 2.05) is 36.4 Å². The van der Waals surface area contributed by atoms with Gasteiger partial charge >= 0.3 is 11.2 Å². The van der Waals surface area contributed by atoms with Crippen LogP contribution in [0.5, 0.6) is 0 Å². The SMILES string of the molecule is CCCCCC(/C=N\n1c(=O)[nH]c2c([nH]c3ccc(F)cc32)c1=O)=C\c1ccccc1. The number of fused-ring (bicyclic) bond motifs is 3. The molecule has 4 rings (SSSR count). The van der Waals surface area contributed by atoms with Crippen LogP contribution < -0.4 is 11.2 Å². The van der Waals surface area contributed by atoms with Crippen molar-refractivity contribution in [3.8, 4) is 0 Å². The number of aromatic amines is 2. The Labute approximate surface area is 177 Å². The van der Waals surface area contributed by atoms with E-state index in [1.165, 1.54) is 18.2 Å². The molecule has 31 heavy (non-hydrogen) atoms. The second kappa shape index (κ2) is 8.95. The summed E-state index contributed by atoms with van der Waals surface area (Å²) in [7, 11) is 0. The normalized spacial score (nSPS) is 12.4. The number of aromatic nitrogens is 3. The summed E-state index contributed by atoms with van der Waals surface area (Å²) >= 11 is 0. The molecule has 0 amide bonds. The highest BCUT2D eigenvalue weighted by Gasteiger charge is 2.13. The summed E-state index contributed by atoms with van der Waals surface area (Å²) < 4.78 is 14.4. The molecule has 2 aromatic carbocycles. The standard InChI is InChI=1S/C24H23FN4O2/c1-2-3-5-10-17(13-16-8-6-4-7-9-16)15-26-29-23(30)22-21(28-24(29)31)19-14-18(25)11-12-20(19)27-22/h4,6-9,11-15,27H,2-3,5,10H2,1H3,(H,28,31)/b17-13+,26-15-. The maximum Gasteiger partial charge on any atom is 0.350 e. The van der Waals surface area contributed by atoms with Crippen LogP contribution in [-0.2, 0) is 0 Å². The molecule has 0 aliphatic carbocycles. The van der Waals surface area contributed by atoms with Crippen LogP contribution in [-0.4, -0.2) is 20.9 Å². The molecule has 0 spiro atoms. The molecule has 0 atom stereocenters. The molecule has 0 fully saturated rings. The minimum Gasteiger partial charge on any atom is -0.349 e. The van der Waals surface area contributed by atoms with Crippen molar-refractivity contribution in [2.45, 2.75) is 32.6 Å². The predicted molar refractivity (Wildman–Crippen MR) is 123 cm³/mol. The molecule has 0 saturated carbocycles. The molecular formula is C24H23FN4O2. The smallest absolute Gasteiger partial charge is 0.349 e. The van der Waals surface area contributed by atoms with E-state index in [4.69, 9.17) is 0 Å². The molecule has 0 saturated heterocycles. The van der Waals surface area contributed by atoms with Crippen molar-refractivity contribution in [3.05, 3.63) is 86.3 Å². The van der Waals surface area contributed by atoms with Gasteiger partial charge in [-0.25, -0.2) is 9.18 Å². The van der Waals surface area contributed by atoms with Crippen molar-refractivity contribution < 1.29 is 4.39 Å². The molecule has 2 aromatic heterocycles. The predicted octanol–water partition coefficient (Wildman–Crippen LogP) is 4.81. The highest BCUT2D eigenvalue weighted by atomic mass is 19.1. The Kier molecular flexibility index (Phi) is 5.93. The summed E-state index contributed by atoms with van der Waals surface area (Å²) in [5.74, 6) is -0.445. The maximum atomic E-state index is 13.6. The Bertz CT molecular complexity index is 1390. The summed E-state index contributed by atoms with van der Waals surface area (Å²) in [5, 5.41) is 4.64. The Balaban J connectivity index is 1.76. The van der Waals surface area contributed by atoms with Gasteiger partial charge in [-0.1, -0.05) is 56.2 Å². The minimum absolute atomic E-state index is 0.178. The zero-order valence-electron chi connectivity index (χ0n) is 17.2. The molecule has 4 aromatic rings. The molecule has 0 radical (unpaired) electrons. The van der Waals surface area contributed by atoms with Gasteiger partial charge in [0, 0.05) is 10.9 Å². The van der Waals surface area contributed by atoms with Gasteiger partial charge in [0.15, 0.2) is 0 Å². The number of nitrogens with zero attached hydrogens (tertiary/aromatic N) is 2. The molecule has 0 aliphatic rings. The van der Waals surface area contributed by atoms with Crippen molar-refractivity contribution in [3.63, 3.8) is 0 Å². The van der Waals surface area contributed by atoms with Crippen molar-refractivity contribution in [1.29, 1.82) is 0 Å². The number of nitrogens with one attached hydrogen (secondary N) is 2. The summed E-state index contributed by atoms with van der Waals surface area (Å²) in [5.41, 5.74) is 1.70. The van der Waals surface area contributed by atoms with E-state index in [9.17, 15) is 14.0 Å². The van der Waals surface area contributed by atoms with Gasteiger partial charge < -0.3 is 9.97 Å². The largest absolute Gasteiger partial charge is 0.350 e. The van der Waals surface area contributed by atoms with Crippen molar-refractivity contribution in [2.75, 3.05) is 0 Å². The molecular weight excluding hydrogens is 395 g/mol. The van der Waals surface area contributed by atoms with Crippen LogP contribution in [0.4, 0.5) is 4.39 Å². The Morgan fingerprint density at radius 1 is 1.06 bits per heavy atom. The van der Waals surface area contributed by atoms with E-state index in [0.717, 1.165) is 41.5 Å². The number of H-pyrrole nitrogens is 2. The highest BCUT2D eigenvalue weighted by molar-refractivity contribution is 6.04. The number of rotatable bonds is 7. The van der Waals surface area contributed by atoms with Gasteiger partial charge in [0.05, 0.1) is 11.7 Å². The van der Waals surface area contributed by atoms with Gasteiger partial charge in [0.2, 0.25) is 0 Å². The lowest BCUT2D eigenvalue weighted by Crippen LogP contribution is -2.32. The number of benzene rings is 2. The molecule has 0 bridgehead atoms. The molecule has 7 heteroatoms. The van der Waals surface area contributed by atoms with Crippen LogP contribution in [0, 0.1) is 5.82 Å². The first-order chi connectivity index (χ1) is 15.1. The molecule has 2 N–H and O–H groups in total. The van der Waals surface area contributed by atoms with Crippen LogP contribution in [0.25, 0.3) is 28.0 Å². The zero-order chi connectivity index (χ0) is 21.8. The fourth-order valence-electron chi connectivity index (χ4n) is 3.57. The molecule has 158 valence electrons. The minimum atomic E-state index is -0.675. The van der Waals surface area contributed by atoms with E-state index in [1.54, 1.807) is 6.21 Å². The lowest BCUT2D eigenvalue weighted by Gasteiger charge is -2.03. The Morgan fingerprint density at radius 3 is 2.65 bits per heavy atom. The van der Waals surface area contributed by atoms with E-state index in [2.05, 4.69) is 22.0 Å². The fourth-order valence-corrected chi connectivity index (χ4v) is 3.57. The van der Waals surface area contributed by atoms with Gasteiger partial charge in [-0.3, -0.25) is 4.79 Å². The zero-order valence-corrected chi connectivity index (χ0v) is 17.2. The lowest BCUT2D eigenvalue weighted by molar-refractivity contribution is 0.630. The number of halogens is 1. The Hall–Kier alpha value is -3.74. The maximum absolute atomic E-state index is 13.6. The lowest BCUT2D eigenvalue weighted by atomic mass is 10.1. The molecule has 6 nitrogen and oxygen atoms in total. The van der Waals surface area contributed by atoms with Crippen LogP contribution in [0.3, 0.4) is 0 Å². The Morgan fingerprint density at radius 2 is 1.87 bits per heavy atom. The van der Waals surface area contributed by atoms with Crippen molar-refractivity contribution in [2.24, 2.45) is 5.10 Å². The average Bonchev–Trinajstić information content (AvgIpc) is 3.12. The highest BCUT2D eigenvalue weighted by Crippen LogP contribution is 2.21. The monoisotopic (exact) mass is 418 g/mol. The van der Waals surface area contributed by atoms with Crippen molar-refractivity contribution in [1.82, 2.24) is 14.6 Å². The first-order valence-electron chi connectivity index (χ1n) is 10.3. The second-order valence-electron chi connectivity index (χ2n) is 7.44. The van der Waals surface area contributed by atoms with Gasteiger partial charge in [-0.05, 0) is 42.2 Å². The number of allylic oxidation sites excluding steroid dienone is 1. The average molecular weight is 418 g/mol. The number of unbranched alkanes of at least 4 members (excludes halogenated alkanes) is 2. The first kappa shape index (κ1) is 20.5. The van der Waals surface area contributed by atoms with Crippen molar-refractivity contribution >= 4 is 34.2 Å². The van der Waals surface area contributed by atoms with Gasteiger partial charge in [0.1, 0.15) is 11.3 Å². The molecule has 2 heterocycles. The van der Waals surface area contributed by atoms with Crippen LogP contribution >= 0.6 is 0 Å². The van der Waals surface area contributed by atoms with E-state index < -0.39 is 17.1 Å². The van der Waals surface area contributed by atoms with E-state index in [0.29, 0.717) is 10.9 Å². The summed E-state index contributed by atoms with van der Waals surface area (Å²) in [4.78, 5) is 31.1. The van der Waals surface area contributed by atoms with Gasteiger partial charge in [0.25, 0.3) is 0 Å². The topological polar surface area (TPSA) is 83.0 Å².